The monoisotopic (exact) mass is 186 g/mol. The van der Waals surface area contributed by atoms with Gasteiger partial charge < -0.3 is 0 Å². The second-order valence-electron chi connectivity index (χ2n) is 5.31. The summed E-state index contributed by atoms with van der Waals surface area (Å²) in [5.41, 5.74) is -0.106. The van der Waals surface area contributed by atoms with Gasteiger partial charge in [-0.3, -0.25) is 4.79 Å². The first-order valence-corrected chi connectivity index (χ1v) is 4.93. The standard InChI is InChI=1S/C10H15ClO/c1-9(2)5-6(9)8(12)10(3,4)7(5)11/h5-7H,1-4H3/t5-,6+,7+/m1/s1. The van der Waals surface area contributed by atoms with Gasteiger partial charge in [0.2, 0.25) is 0 Å². The average Bonchev–Trinajstić information content (AvgIpc) is 2.42. The zero-order chi connectivity index (χ0) is 9.31. The lowest BCUT2D eigenvalue weighted by atomic mass is 9.81. The Labute approximate surface area is 78.5 Å². The highest BCUT2D eigenvalue weighted by Crippen LogP contribution is 2.70. The highest BCUT2D eigenvalue weighted by molar-refractivity contribution is 6.25. The summed E-state index contributed by atoms with van der Waals surface area (Å²) in [5.74, 6) is 1.05. The maximum Gasteiger partial charge on any atom is 0.143 e. The highest BCUT2D eigenvalue weighted by atomic mass is 35.5. The van der Waals surface area contributed by atoms with E-state index in [0.717, 1.165) is 0 Å². The van der Waals surface area contributed by atoms with E-state index in [2.05, 4.69) is 13.8 Å². The SMILES string of the molecule is CC1(C)C(=O)[C@@H]2[C@H]([C@@H]1Cl)C2(C)C. The van der Waals surface area contributed by atoms with E-state index >= 15 is 0 Å². The summed E-state index contributed by atoms with van der Waals surface area (Å²) in [6, 6.07) is 0. The predicted molar refractivity (Wildman–Crippen MR) is 49.2 cm³/mol. The molecule has 0 aromatic heterocycles. The van der Waals surface area contributed by atoms with Crippen LogP contribution in [0.5, 0.6) is 0 Å². The topological polar surface area (TPSA) is 17.1 Å². The van der Waals surface area contributed by atoms with E-state index in [4.69, 9.17) is 11.6 Å². The molecule has 0 aromatic carbocycles. The Morgan fingerprint density at radius 3 is 2.00 bits per heavy atom. The minimum atomic E-state index is -0.285. The molecule has 0 aliphatic heterocycles. The zero-order valence-corrected chi connectivity index (χ0v) is 8.77. The summed E-state index contributed by atoms with van der Waals surface area (Å²) in [6.07, 6.45) is 0. The molecular formula is C10H15ClO. The van der Waals surface area contributed by atoms with Crippen LogP contribution >= 0.6 is 11.6 Å². The maximum atomic E-state index is 11.8. The smallest absolute Gasteiger partial charge is 0.143 e. The first-order chi connectivity index (χ1) is 5.31. The van der Waals surface area contributed by atoms with Crippen LogP contribution in [0.4, 0.5) is 0 Å². The molecular weight excluding hydrogens is 172 g/mol. The van der Waals surface area contributed by atoms with Crippen LogP contribution in [0, 0.1) is 22.7 Å². The fourth-order valence-corrected chi connectivity index (χ4v) is 3.29. The van der Waals surface area contributed by atoms with Crippen LogP contribution in [0.3, 0.4) is 0 Å². The van der Waals surface area contributed by atoms with Gasteiger partial charge in [-0.2, -0.15) is 0 Å². The summed E-state index contributed by atoms with van der Waals surface area (Å²) < 4.78 is 0. The molecule has 0 bridgehead atoms. The Morgan fingerprint density at radius 1 is 1.25 bits per heavy atom. The lowest BCUT2D eigenvalue weighted by Crippen LogP contribution is -2.33. The molecule has 0 saturated heterocycles. The second kappa shape index (κ2) is 1.89. The third kappa shape index (κ3) is 0.693. The lowest BCUT2D eigenvalue weighted by Gasteiger charge is -2.27. The Morgan fingerprint density at radius 2 is 1.75 bits per heavy atom. The first kappa shape index (κ1) is 8.55. The molecule has 3 atom stereocenters. The van der Waals surface area contributed by atoms with Gasteiger partial charge in [0.25, 0.3) is 0 Å². The van der Waals surface area contributed by atoms with Gasteiger partial charge in [0, 0.05) is 16.7 Å². The van der Waals surface area contributed by atoms with Crippen molar-refractivity contribution in [2.75, 3.05) is 0 Å². The van der Waals surface area contributed by atoms with Crippen molar-refractivity contribution >= 4 is 17.4 Å². The molecule has 2 rings (SSSR count). The number of halogens is 1. The molecule has 0 aromatic rings. The van der Waals surface area contributed by atoms with Gasteiger partial charge in [-0.25, -0.2) is 0 Å². The fourth-order valence-electron chi connectivity index (χ4n) is 2.71. The van der Waals surface area contributed by atoms with Gasteiger partial charge in [0.1, 0.15) is 5.78 Å². The molecule has 12 heavy (non-hydrogen) atoms. The molecule has 0 N–H and O–H groups in total. The van der Waals surface area contributed by atoms with Crippen LogP contribution in [0.2, 0.25) is 0 Å². The molecule has 2 aliphatic carbocycles. The van der Waals surface area contributed by atoms with Crippen molar-refractivity contribution in [1.29, 1.82) is 0 Å². The predicted octanol–water partition coefficient (Wildman–Crippen LogP) is 2.47. The Bertz CT molecular complexity index is 255. The summed E-state index contributed by atoms with van der Waals surface area (Å²) in [6.45, 7) is 8.22. The third-order valence-corrected chi connectivity index (χ3v) is 4.65. The summed E-state index contributed by atoms with van der Waals surface area (Å²) >= 11 is 6.25. The van der Waals surface area contributed by atoms with Gasteiger partial charge in [0.05, 0.1) is 0 Å². The van der Waals surface area contributed by atoms with Crippen molar-refractivity contribution in [3.8, 4) is 0 Å². The molecule has 2 fully saturated rings. The molecule has 0 unspecified atom stereocenters. The first-order valence-electron chi connectivity index (χ1n) is 4.49. The Balaban J connectivity index is 2.34. The fraction of sp³-hybridized carbons (Fsp3) is 0.900. The minimum absolute atomic E-state index is 0.0463. The Kier molecular flexibility index (Phi) is 1.35. The number of carbonyl (C=O) groups excluding carboxylic acids is 1. The van der Waals surface area contributed by atoms with Crippen molar-refractivity contribution < 1.29 is 4.79 Å². The van der Waals surface area contributed by atoms with Crippen LogP contribution in [-0.4, -0.2) is 11.2 Å². The summed E-state index contributed by atoms with van der Waals surface area (Å²) in [5, 5.41) is 0.0463. The number of fused-ring (bicyclic) bond motifs is 1. The van der Waals surface area contributed by atoms with E-state index < -0.39 is 0 Å². The number of hydrogen-bond acceptors (Lipinski definition) is 1. The van der Waals surface area contributed by atoms with Gasteiger partial charge in [-0.15, -0.1) is 11.6 Å². The molecule has 0 amide bonds. The van der Waals surface area contributed by atoms with Gasteiger partial charge in [-0.05, 0) is 11.3 Å². The van der Waals surface area contributed by atoms with Gasteiger partial charge in [-0.1, -0.05) is 27.7 Å². The number of alkyl halides is 1. The van der Waals surface area contributed by atoms with Crippen LogP contribution in [0.25, 0.3) is 0 Å². The summed E-state index contributed by atoms with van der Waals surface area (Å²) in [4.78, 5) is 11.8. The molecule has 68 valence electrons. The van der Waals surface area contributed by atoms with Crippen LogP contribution < -0.4 is 0 Å². The zero-order valence-electron chi connectivity index (χ0n) is 8.02. The normalized spacial score (nSPS) is 47.4. The van der Waals surface area contributed by atoms with Crippen molar-refractivity contribution in [2.24, 2.45) is 22.7 Å². The van der Waals surface area contributed by atoms with E-state index in [0.29, 0.717) is 11.7 Å². The quantitative estimate of drug-likeness (QED) is 0.532. The molecule has 2 aliphatic rings. The van der Waals surface area contributed by atoms with Crippen molar-refractivity contribution in [3.05, 3.63) is 0 Å². The number of hydrogen-bond donors (Lipinski definition) is 0. The van der Waals surface area contributed by atoms with E-state index in [-0.39, 0.29) is 22.1 Å². The van der Waals surface area contributed by atoms with Crippen molar-refractivity contribution in [2.45, 2.75) is 33.1 Å². The Hall–Kier alpha value is -0.0400. The number of Topliss-reactive ketones (excluding diaryl/α,β-unsaturated/α-hetero) is 1. The summed E-state index contributed by atoms with van der Waals surface area (Å²) in [7, 11) is 0. The third-order valence-electron chi connectivity index (χ3n) is 3.83. The average molecular weight is 187 g/mol. The number of ketones is 1. The molecule has 2 saturated carbocycles. The number of carbonyl (C=O) groups is 1. The van der Waals surface area contributed by atoms with E-state index in [1.807, 2.05) is 13.8 Å². The molecule has 2 heteroatoms. The van der Waals surface area contributed by atoms with E-state index in [9.17, 15) is 4.79 Å². The van der Waals surface area contributed by atoms with E-state index in [1.54, 1.807) is 0 Å². The molecule has 0 spiro atoms. The van der Waals surface area contributed by atoms with Crippen LogP contribution in [-0.2, 0) is 4.79 Å². The highest BCUT2D eigenvalue weighted by Gasteiger charge is 2.74. The van der Waals surface area contributed by atoms with Crippen LogP contribution in [0.1, 0.15) is 27.7 Å². The largest absolute Gasteiger partial charge is 0.299 e. The molecule has 0 radical (unpaired) electrons. The second-order valence-corrected chi connectivity index (χ2v) is 5.78. The molecule has 1 nitrogen and oxygen atoms in total. The van der Waals surface area contributed by atoms with Gasteiger partial charge in [0.15, 0.2) is 0 Å². The maximum absolute atomic E-state index is 11.8. The van der Waals surface area contributed by atoms with Crippen molar-refractivity contribution in [3.63, 3.8) is 0 Å². The molecule has 0 heterocycles. The van der Waals surface area contributed by atoms with E-state index in [1.165, 1.54) is 0 Å². The lowest BCUT2D eigenvalue weighted by molar-refractivity contribution is -0.127. The minimum Gasteiger partial charge on any atom is -0.299 e. The van der Waals surface area contributed by atoms with Crippen molar-refractivity contribution in [1.82, 2.24) is 0 Å². The van der Waals surface area contributed by atoms with Crippen LogP contribution in [0.15, 0.2) is 0 Å². The van der Waals surface area contributed by atoms with Gasteiger partial charge >= 0.3 is 0 Å². The number of rotatable bonds is 0.